The summed E-state index contributed by atoms with van der Waals surface area (Å²) in [7, 11) is 0. The minimum atomic E-state index is -0.0293. The van der Waals surface area contributed by atoms with Crippen molar-refractivity contribution in [1.29, 1.82) is 0 Å². The van der Waals surface area contributed by atoms with Crippen LogP contribution < -0.4 is 10.6 Å². The highest BCUT2D eigenvalue weighted by Gasteiger charge is 2.03. The molecule has 2 aromatic rings. The molecular formula is C13H16N4O2. The minimum absolute atomic E-state index is 0.0293. The summed E-state index contributed by atoms with van der Waals surface area (Å²) in [5.74, 6) is 1.36. The normalized spacial score (nSPS) is 10.2. The van der Waals surface area contributed by atoms with E-state index in [2.05, 4.69) is 20.8 Å². The fourth-order valence-corrected chi connectivity index (χ4v) is 1.53. The summed E-state index contributed by atoms with van der Waals surface area (Å²) >= 11 is 0. The molecule has 2 N–H and O–H groups in total. The first-order valence-corrected chi connectivity index (χ1v) is 6.08. The van der Waals surface area contributed by atoms with E-state index < -0.39 is 0 Å². The summed E-state index contributed by atoms with van der Waals surface area (Å²) in [5.41, 5.74) is 0.843. The fourth-order valence-electron chi connectivity index (χ4n) is 1.53. The van der Waals surface area contributed by atoms with Gasteiger partial charge in [-0.3, -0.25) is 9.78 Å². The largest absolute Gasteiger partial charge is 0.367 e. The topological polar surface area (TPSA) is 80.0 Å². The van der Waals surface area contributed by atoms with Gasteiger partial charge in [-0.25, -0.2) is 0 Å². The average Bonchev–Trinajstić information content (AvgIpc) is 2.83. The summed E-state index contributed by atoms with van der Waals surface area (Å²) in [6, 6.07) is 7.39. The number of carbonyl (C=O) groups is 1. The molecule has 0 unspecified atom stereocenters. The number of rotatable bonds is 6. The molecule has 0 fully saturated rings. The van der Waals surface area contributed by atoms with Crippen LogP contribution in [-0.2, 0) is 11.3 Å². The van der Waals surface area contributed by atoms with Gasteiger partial charge in [-0.15, -0.1) is 0 Å². The van der Waals surface area contributed by atoms with Crippen molar-refractivity contribution in [3.8, 4) is 0 Å². The highest BCUT2D eigenvalue weighted by Crippen LogP contribution is 2.06. The van der Waals surface area contributed by atoms with Crippen molar-refractivity contribution in [3.63, 3.8) is 0 Å². The van der Waals surface area contributed by atoms with Crippen molar-refractivity contribution in [2.45, 2.75) is 19.9 Å². The van der Waals surface area contributed by atoms with Crippen LogP contribution in [0.2, 0.25) is 0 Å². The van der Waals surface area contributed by atoms with E-state index >= 15 is 0 Å². The molecule has 0 spiro atoms. The maximum absolute atomic E-state index is 11.6. The van der Waals surface area contributed by atoms with Gasteiger partial charge >= 0.3 is 0 Å². The van der Waals surface area contributed by atoms with Crippen LogP contribution in [0.25, 0.3) is 0 Å². The molecule has 0 radical (unpaired) electrons. The lowest BCUT2D eigenvalue weighted by atomic mass is 10.3. The third kappa shape index (κ3) is 4.42. The second-order valence-electron chi connectivity index (χ2n) is 4.10. The van der Waals surface area contributed by atoms with Gasteiger partial charge in [-0.05, 0) is 19.1 Å². The van der Waals surface area contributed by atoms with Gasteiger partial charge in [0.1, 0.15) is 5.76 Å². The highest BCUT2D eigenvalue weighted by molar-refractivity contribution is 5.76. The molecule has 0 aromatic carbocycles. The number of nitrogens with one attached hydrogen (secondary N) is 2. The number of hydrogen-bond donors (Lipinski definition) is 2. The first-order valence-electron chi connectivity index (χ1n) is 6.08. The summed E-state index contributed by atoms with van der Waals surface area (Å²) < 4.78 is 4.91. The van der Waals surface area contributed by atoms with Crippen molar-refractivity contribution in [1.82, 2.24) is 15.5 Å². The summed E-state index contributed by atoms with van der Waals surface area (Å²) in [4.78, 5) is 15.7. The van der Waals surface area contributed by atoms with E-state index in [1.54, 1.807) is 12.3 Å². The number of pyridine rings is 1. The van der Waals surface area contributed by atoms with E-state index in [4.69, 9.17) is 4.52 Å². The zero-order valence-corrected chi connectivity index (χ0v) is 10.7. The number of anilines is 1. The molecule has 2 heterocycles. The van der Waals surface area contributed by atoms with Gasteiger partial charge in [0, 0.05) is 25.2 Å². The summed E-state index contributed by atoms with van der Waals surface area (Å²) in [5, 5.41) is 9.60. The van der Waals surface area contributed by atoms with Crippen LogP contribution in [0.15, 0.2) is 35.0 Å². The lowest BCUT2D eigenvalue weighted by Crippen LogP contribution is -2.25. The quantitative estimate of drug-likeness (QED) is 0.822. The minimum Gasteiger partial charge on any atom is -0.367 e. The molecular weight excluding hydrogens is 244 g/mol. The third-order valence-electron chi connectivity index (χ3n) is 2.48. The molecule has 0 bridgehead atoms. The Balaban J connectivity index is 1.65. The molecule has 2 aromatic heterocycles. The Morgan fingerprint density at radius 3 is 3.00 bits per heavy atom. The summed E-state index contributed by atoms with van der Waals surface area (Å²) in [6.45, 7) is 2.78. The number of aryl methyl sites for hydroxylation is 1. The maximum atomic E-state index is 11.6. The Bertz CT molecular complexity index is 524. The zero-order chi connectivity index (χ0) is 13.5. The standard InChI is InChI=1S/C13H16N4O2/c1-10-8-12(17-19-10)15-7-5-13(18)16-9-11-4-2-3-6-14-11/h2-4,6,8H,5,7,9H2,1H3,(H,15,17)(H,16,18). The van der Waals surface area contributed by atoms with Crippen LogP contribution in [0, 0.1) is 6.92 Å². The lowest BCUT2D eigenvalue weighted by molar-refractivity contribution is -0.121. The van der Waals surface area contributed by atoms with Gasteiger partial charge in [0.25, 0.3) is 0 Å². The first kappa shape index (κ1) is 13.1. The highest BCUT2D eigenvalue weighted by atomic mass is 16.5. The molecule has 6 nitrogen and oxygen atoms in total. The van der Waals surface area contributed by atoms with Crippen LogP contribution in [0.1, 0.15) is 17.9 Å². The fraction of sp³-hybridized carbons (Fsp3) is 0.308. The van der Waals surface area contributed by atoms with Gasteiger partial charge in [0.05, 0.1) is 12.2 Å². The van der Waals surface area contributed by atoms with E-state index in [-0.39, 0.29) is 5.91 Å². The third-order valence-corrected chi connectivity index (χ3v) is 2.48. The van der Waals surface area contributed by atoms with E-state index in [0.717, 1.165) is 11.5 Å². The lowest BCUT2D eigenvalue weighted by Gasteiger charge is -2.05. The van der Waals surface area contributed by atoms with Gasteiger partial charge in [-0.1, -0.05) is 11.2 Å². The molecule has 0 aliphatic rings. The Morgan fingerprint density at radius 2 is 2.32 bits per heavy atom. The van der Waals surface area contributed by atoms with E-state index in [1.165, 1.54) is 0 Å². The number of carbonyl (C=O) groups excluding carboxylic acids is 1. The smallest absolute Gasteiger partial charge is 0.222 e. The van der Waals surface area contributed by atoms with Gasteiger partial charge in [0.2, 0.25) is 5.91 Å². The Labute approximate surface area is 111 Å². The van der Waals surface area contributed by atoms with Gasteiger partial charge in [0.15, 0.2) is 5.82 Å². The molecule has 0 aliphatic heterocycles. The van der Waals surface area contributed by atoms with Crippen LogP contribution >= 0.6 is 0 Å². The molecule has 0 saturated heterocycles. The van der Waals surface area contributed by atoms with E-state index in [9.17, 15) is 4.79 Å². The number of nitrogens with zero attached hydrogens (tertiary/aromatic N) is 2. The maximum Gasteiger partial charge on any atom is 0.222 e. The van der Waals surface area contributed by atoms with Crippen LogP contribution in [0.4, 0.5) is 5.82 Å². The Morgan fingerprint density at radius 1 is 1.42 bits per heavy atom. The van der Waals surface area contributed by atoms with Crippen LogP contribution in [-0.4, -0.2) is 22.6 Å². The van der Waals surface area contributed by atoms with Crippen molar-refractivity contribution < 1.29 is 9.32 Å². The summed E-state index contributed by atoms with van der Waals surface area (Å²) in [6.07, 6.45) is 2.08. The molecule has 1 amide bonds. The molecule has 6 heteroatoms. The monoisotopic (exact) mass is 260 g/mol. The first-order chi connectivity index (χ1) is 9.24. The second-order valence-corrected chi connectivity index (χ2v) is 4.10. The molecule has 19 heavy (non-hydrogen) atoms. The zero-order valence-electron chi connectivity index (χ0n) is 10.7. The number of hydrogen-bond acceptors (Lipinski definition) is 5. The SMILES string of the molecule is Cc1cc(NCCC(=O)NCc2ccccn2)no1. The molecule has 2 rings (SSSR count). The van der Waals surface area contributed by atoms with Crippen molar-refractivity contribution >= 4 is 11.7 Å². The predicted molar refractivity (Wildman–Crippen MR) is 70.4 cm³/mol. The van der Waals surface area contributed by atoms with Crippen molar-refractivity contribution in [2.75, 3.05) is 11.9 Å². The molecule has 0 aliphatic carbocycles. The van der Waals surface area contributed by atoms with Crippen LogP contribution in [0.5, 0.6) is 0 Å². The second kappa shape index (κ2) is 6.53. The molecule has 0 atom stereocenters. The average molecular weight is 260 g/mol. The molecule has 0 saturated carbocycles. The van der Waals surface area contributed by atoms with Crippen molar-refractivity contribution in [2.24, 2.45) is 0 Å². The Kier molecular flexibility index (Phi) is 4.49. The molecule has 100 valence electrons. The Hall–Kier alpha value is -2.37. The predicted octanol–water partition coefficient (Wildman–Crippen LogP) is 1.50. The van der Waals surface area contributed by atoms with Gasteiger partial charge < -0.3 is 15.2 Å². The van der Waals surface area contributed by atoms with Crippen molar-refractivity contribution in [3.05, 3.63) is 41.9 Å². The number of amides is 1. The van der Waals surface area contributed by atoms with E-state index in [0.29, 0.717) is 25.3 Å². The number of aromatic nitrogens is 2. The van der Waals surface area contributed by atoms with Crippen LogP contribution in [0.3, 0.4) is 0 Å². The van der Waals surface area contributed by atoms with Gasteiger partial charge in [-0.2, -0.15) is 0 Å². The van der Waals surface area contributed by atoms with E-state index in [1.807, 2.05) is 25.1 Å².